The SMILES string of the molecule is COc1ccc(/C=C/C(=O)c2cccnc2)cc1COc1ccc(Cl)c(C)c1. The van der Waals surface area contributed by atoms with Gasteiger partial charge in [-0.05, 0) is 66.6 Å². The van der Waals surface area contributed by atoms with E-state index in [9.17, 15) is 4.79 Å². The Morgan fingerprint density at radius 2 is 2.04 bits per heavy atom. The minimum Gasteiger partial charge on any atom is -0.496 e. The second kappa shape index (κ2) is 9.20. The Kier molecular flexibility index (Phi) is 6.45. The monoisotopic (exact) mass is 393 g/mol. The third-order valence-electron chi connectivity index (χ3n) is 4.20. The van der Waals surface area contributed by atoms with Crippen LogP contribution >= 0.6 is 11.6 Å². The number of ether oxygens (including phenoxy) is 2. The van der Waals surface area contributed by atoms with Crippen molar-refractivity contribution in [3.63, 3.8) is 0 Å². The summed E-state index contributed by atoms with van der Waals surface area (Å²) in [5.41, 5.74) is 3.26. The fourth-order valence-electron chi connectivity index (χ4n) is 2.66. The summed E-state index contributed by atoms with van der Waals surface area (Å²) in [5.74, 6) is 1.36. The number of aromatic nitrogens is 1. The largest absolute Gasteiger partial charge is 0.496 e. The molecule has 3 aromatic rings. The van der Waals surface area contributed by atoms with Gasteiger partial charge in [-0.2, -0.15) is 0 Å². The van der Waals surface area contributed by atoms with Crippen LogP contribution in [0.25, 0.3) is 6.08 Å². The van der Waals surface area contributed by atoms with Gasteiger partial charge in [0.15, 0.2) is 5.78 Å². The molecule has 142 valence electrons. The Labute approximate surface area is 169 Å². The number of methoxy groups -OCH3 is 1. The summed E-state index contributed by atoms with van der Waals surface area (Å²) in [6.45, 7) is 2.27. The number of pyridine rings is 1. The lowest BCUT2D eigenvalue weighted by molar-refractivity contribution is 0.104. The van der Waals surface area contributed by atoms with E-state index in [0.717, 1.165) is 28.2 Å². The fourth-order valence-corrected chi connectivity index (χ4v) is 2.78. The first-order chi connectivity index (χ1) is 13.6. The van der Waals surface area contributed by atoms with Crippen LogP contribution < -0.4 is 9.47 Å². The summed E-state index contributed by atoms with van der Waals surface area (Å²) in [5, 5.41) is 0.704. The zero-order valence-electron chi connectivity index (χ0n) is 15.7. The molecule has 0 bridgehead atoms. The van der Waals surface area contributed by atoms with Gasteiger partial charge in [0, 0.05) is 28.5 Å². The standard InChI is InChI=1S/C23H20ClNO3/c1-16-12-20(7-8-21(16)24)28-15-19-13-17(6-10-23(19)27-2)5-9-22(26)18-4-3-11-25-14-18/h3-14H,15H2,1-2H3/b9-5+. The number of halogens is 1. The Bertz CT molecular complexity index is 1000. The van der Waals surface area contributed by atoms with Gasteiger partial charge in [-0.15, -0.1) is 0 Å². The van der Waals surface area contributed by atoms with Gasteiger partial charge in [0.2, 0.25) is 0 Å². The van der Waals surface area contributed by atoms with Crippen molar-refractivity contribution in [2.24, 2.45) is 0 Å². The quantitative estimate of drug-likeness (QED) is 0.391. The van der Waals surface area contributed by atoms with Crippen LogP contribution in [0.3, 0.4) is 0 Å². The van der Waals surface area contributed by atoms with Crippen molar-refractivity contribution in [2.75, 3.05) is 7.11 Å². The van der Waals surface area contributed by atoms with Crippen molar-refractivity contribution in [1.29, 1.82) is 0 Å². The van der Waals surface area contributed by atoms with Crippen LogP contribution in [-0.2, 0) is 6.61 Å². The van der Waals surface area contributed by atoms with E-state index in [-0.39, 0.29) is 5.78 Å². The normalized spacial score (nSPS) is 10.8. The molecule has 1 aromatic heterocycles. The molecule has 0 N–H and O–H groups in total. The Hall–Kier alpha value is -3.11. The van der Waals surface area contributed by atoms with Crippen LogP contribution in [0.1, 0.15) is 27.0 Å². The topological polar surface area (TPSA) is 48.4 Å². The number of benzene rings is 2. The summed E-state index contributed by atoms with van der Waals surface area (Å²) >= 11 is 6.06. The molecule has 0 fully saturated rings. The Morgan fingerprint density at radius 3 is 2.75 bits per heavy atom. The minimum atomic E-state index is -0.0987. The van der Waals surface area contributed by atoms with Crippen LogP contribution in [0.15, 0.2) is 67.0 Å². The number of carbonyl (C=O) groups is 1. The van der Waals surface area contributed by atoms with Gasteiger partial charge < -0.3 is 9.47 Å². The average molecular weight is 394 g/mol. The van der Waals surface area contributed by atoms with E-state index in [1.54, 1.807) is 37.7 Å². The molecular weight excluding hydrogens is 374 g/mol. The summed E-state index contributed by atoms with van der Waals surface area (Å²) in [4.78, 5) is 16.2. The van der Waals surface area contributed by atoms with Gasteiger partial charge in [-0.3, -0.25) is 9.78 Å². The van der Waals surface area contributed by atoms with Crippen molar-refractivity contribution < 1.29 is 14.3 Å². The highest BCUT2D eigenvalue weighted by Crippen LogP contribution is 2.25. The van der Waals surface area contributed by atoms with Crippen LogP contribution in [0.5, 0.6) is 11.5 Å². The van der Waals surface area contributed by atoms with Gasteiger partial charge in [0.1, 0.15) is 18.1 Å². The van der Waals surface area contributed by atoms with Gasteiger partial charge in [0.05, 0.1) is 7.11 Å². The first kappa shape index (κ1) is 19.6. The lowest BCUT2D eigenvalue weighted by Crippen LogP contribution is -2.00. The summed E-state index contributed by atoms with van der Waals surface area (Å²) in [7, 11) is 1.62. The van der Waals surface area contributed by atoms with Crippen LogP contribution in [0.2, 0.25) is 5.02 Å². The predicted octanol–water partition coefficient (Wildman–Crippen LogP) is 5.53. The van der Waals surface area contributed by atoms with E-state index in [0.29, 0.717) is 17.2 Å². The number of hydrogen-bond acceptors (Lipinski definition) is 4. The maximum atomic E-state index is 12.2. The second-order valence-electron chi connectivity index (χ2n) is 6.21. The van der Waals surface area contributed by atoms with Crippen LogP contribution in [0.4, 0.5) is 0 Å². The molecule has 5 heteroatoms. The number of nitrogens with zero attached hydrogens (tertiary/aromatic N) is 1. The zero-order valence-corrected chi connectivity index (χ0v) is 16.4. The highest BCUT2D eigenvalue weighted by molar-refractivity contribution is 6.31. The molecule has 0 atom stereocenters. The maximum Gasteiger partial charge on any atom is 0.187 e. The molecule has 0 spiro atoms. The first-order valence-corrected chi connectivity index (χ1v) is 9.13. The van der Waals surface area contributed by atoms with Gasteiger partial charge in [-0.1, -0.05) is 23.7 Å². The van der Waals surface area contributed by atoms with E-state index in [4.69, 9.17) is 21.1 Å². The molecule has 28 heavy (non-hydrogen) atoms. The number of carbonyl (C=O) groups excluding carboxylic acids is 1. The van der Waals surface area contributed by atoms with Crippen molar-refractivity contribution in [2.45, 2.75) is 13.5 Å². The Morgan fingerprint density at radius 1 is 1.18 bits per heavy atom. The molecule has 0 amide bonds. The van der Waals surface area contributed by atoms with Crippen molar-refractivity contribution in [1.82, 2.24) is 4.98 Å². The molecule has 0 aliphatic rings. The molecule has 0 aliphatic heterocycles. The van der Waals surface area contributed by atoms with E-state index in [1.165, 1.54) is 6.08 Å². The molecule has 4 nitrogen and oxygen atoms in total. The fraction of sp³-hybridized carbons (Fsp3) is 0.130. The van der Waals surface area contributed by atoms with Crippen molar-refractivity contribution >= 4 is 23.5 Å². The van der Waals surface area contributed by atoms with Crippen LogP contribution in [-0.4, -0.2) is 17.9 Å². The zero-order chi connectivity index (χ0) is 19.9. The molecule has 0 saturated carbocycles. The van der Waals surface area contributed by atoms with Gasteiger partial charge in [-0.25, -0.2) is 0 Å². The third-order valence-corrected chi connectivity index (χ3v) is 4.63. The molecule has 0 radical (unpaired) electrons. The first-order valence-electron chi connectivity index (χ1n) is 8.75. The number of hydrogen-bond donors (Lipinski definition) is 0. The predicted molar refractivity (Wildman–Crippen MR) is 111 cm³/mol. The Balaban J connectivity index is 1.75. The second-order valence-corrected chi connectivity index (χ2v) is 6.62. The summed E-state index contributed by atoms with van der Waals surface area (Å²) < 4.78 is 11.3. The summed E-state index contributed by atoms with van der Waals surface area (Å²) in [6.07, 6.45) is 6.49. The number of ketones is 1. The van der Waals surface area contributed by atoms with Crippen molar-refractivity contribution in [3.8, 4) is 11.5 Å². The molecule has 0 unspecified atom stereocenters. The number of rotatable bonds is 7. The van der Waals surface area contributed by atoms with E-state index >= 15 is 0 Å². The molecule has 0 aliphatic carbocycles. The minimum absolute atomic E-state index is 0.0987. The molecule has 3 rings (SSSR count). The highest BCUT2D eigenvalue weighted by atomic mass is 35.5. The average Bonchev–Trinajstić information content (AvgIpc) is 2.73. The van der Waals surface area contributed by atoms with Gasteiger partial charge in [0.25, 0.3) is 0 Å². The van der Waals surface area contributed by atoms with E-state index in [2.05, 4.69) is 4.98 Å². The van der Waals surface area contributed by atoms with Crippen LogP contribution in [0, 0.1) is 6.92 Å². The number of allylic oxidation sites excluding steroid dienone is 1. The lowest BCUT2D eigenvalue weighted by atomic mass is 10.1. The van der Waals surface area contributed by atoms with Gasteiger partial charge >= 0.3 is 0 Å². The van der Waals surface area contributed by atoms with Crippen molar-refractivity contribution in [3.05, 3.63) is 94.3 Å². The lowest BCUT2D eigenvalue weighted by Gasteiger charge is -2.12. The molecule has 1 heterocycles. The molecular formula is C23H20ClNO3. The molecule has 2 aromatic carbocycles. The smallest absolute Gasteiger partial charge is 0.187 e. The molecule has 0 saturated heterocycles. The number of aryl methyl sites for hydroxylation is 1. The van der Waals surface area contributed by atoms with E-state index < -0.39 is 0 Å². The van der Waals surface area contributed by atoms with E-state index in [1.807, 2.05) is 43.3 Å². The third kappa shape index (κ3) is 4.99. The maximum absolute atomic E-state index is 12.2. The highest BCUT2D eigenvalue weighted by Gasteiger charge is 2.07. The summed E-state index contributed by atoms with van der Waals surface area (Å²) in [6, 6.07) is 14.7.